The molecule has 0 aliphatic heterocycles. The largest absolute Gasteiger partial charge is 0.338 e. The molecule has 0 saturated heterocycles. The Morgan fingerprint density at radius 3 is 2.65 bits per heavy atom. The van der Waals surface area contributed by atoms with Crippen LogP contribution in [0.1, 0.15) is 29.8 Å². The van der Waals surface area contributed by atoms with Gasteiger partial charge in [-0.25, -0.2) is 0 Å². The minimum absolute atomic E-state index is 0.00464. The van der Waals surface area contributed by atoms with E-state index in [2.05, 4.69) is 6.07 Å². The Morgan fingerprint density at radius 1 is 1.55 bits per heavy atom. The van der Waals surface area contributed by atoms with Crippen molar-refractivity contribution in [2.24, 2.45) is 5.92 Å². The number of nitrogens with zero attached hydrogens (tertiary/aromatic N) is 3. The van der Waals surface area contributed by atoms with Gasteiger partial charge in [0.25, 0.3) is 11.6 Å². The molecule has 1 aromatic carbocycles. The summed E-state index contributed by atoms with van der Waals surface area (Å²) in [7, 11) is 0. The van der Waals surface area contributed by atoms with Crippen molar-refractivity contribution in [1.29, 1.82) is 5.26 Å². The van der Waals surface area contributed by atoms with Crippen molar-refractivity contribution in [1.82, 2.24) is 4.90 Å². The summed E-state index contributed by atoms with van der Waals surface area (Å²) in [5.41, 5.74) is 0.848. The zero-order chi connectivity index (χ0) is 15.3. The minimum Gasteiger partial charge on any atom is -0.338 e. The topological polar surface area (TPSA) is 87.2 Å². The third-order valence-corrected chi connectivity index (χ3v) is 3.02. The molecule has 0 aromatic heterocycles. The maximum absolute atomic E-state index is 12.3. The van der Waals surface area contributed by atoms with E-state index in [1.165, 1.54) is 18.2 Å². The second kappa shape index (κ2) is 6.66. The van der Waals surface area contributed by atoms with Crippen LogP contribution in [0.3, 0.4) is 0 Å². The molecule has 106 valence electrons. The van der Waals surface area contributed by atoms with Crippen LogP contribution in [0.5, 0.6) is 0 Å². The number of nitro groups is 1. The van der Waals surface area contributed by atoms with Crippen molar-refractivity contribution in [3.05, 3.63) is 39.4 Å². The highest BCUT2D eigenvalue weighted by Gasteiger charge is 2.19. The first-order valence-corrected chi connectivity index (χ1v) is 6.34. The van der Waals surface area contributed by atoms with Crippen LogP contribution in [-0.2, 0) is 0 Å². The molecular formula is C14H17N3O3. The molecule has 1 unspecified atom stereocenters. The highest BCUT2D eigenvalue weighted by atomic mass is 16.6. The number of hydrogen-bond donors (Lipinski definition) is 0. The van der Waals surface area contributed by atoms with Gasteiger partial charge in [0.2, 0.25) is 0 Å². The predicted molar refractivity (Wildman–Crippen MR) is 74.2 cm³/mol. The monoisotopic (exact) mass is 275 g/mol. The average Bonchev–Trinajstić information content (AvgIpc) is 2.43. The molecule has 1 amide bonds. The van der Waals surface area contributed by atoms with Gasteiger partial charge in [-0.1, -0.05) is 0 Å². The Labute approximate surface area is 117 Å². The molecule has 1 atom stereocenters. The fourth-order valence-corrected chi connectivity index (χ4v) is 1.90. The van der Waals surface area contributed by atoms with E-state index in [1.54, 1.807) is 18.7 Å². The highest BCUT2D eigenvalue weighted by molar-refractivity contribution is 5.94. The van der Waals surface area contributed by atoms with Gasteiger partial charge in [-0.15, -0.1) is 0 Å². The SMILES string of the molecule is CCN(CC(C)C#N)C(=O)c1ccc([N+](=O)[O-])c(C)c1. The van der Waals surface area contributed by atoms with Crippen LogP contribution in [0.15, 0.2) is 18.2 Å². The molecule has 0 bridgehead atoms. The lowest BCUT2D eigenvalue weighted by Crippen LogP contribution is -2.34. The fourth-order valence-electron chi connectivity index (χ4n) is 1.90. The summed E-state index contributed by atoms with van der Waals surface area (Å²) in [6.45, 7) is 6.02. The van der Waals surface area contributed by atoms with Crippen LogP contribution in [0.2, 0.25) is 0 Å². The Kier molecular flexibility index (Phi) is 5.21. The summed E-state index contributed by atoms with van der Waals surface area (Å²) in [6, 6.07) is 6.39. The van der Waals surface area contributed by atoms with E-state index in [1.807, 2.05) is 6.92 Å². The first-order valence-electron chi connectivity index (χ1n) is 6.34. The standard InChI is InChI=1S/C14H17N3O3/c1-4-16(9-10(2)8-15)14(18)12-5-6-13(17(19)20)11(3)7-12/h5-7,10H,4,9H2,1-3H3. The van der Waals surface area contributed by atoms with Gasteiger partial charge in [0.1, 0.15) is 0 Å². The predicted octanol–water partition coefficient (Wildman–Crippen LogP) is 2.53. The van der Waals surface area contributed by atoms with Crippen molar-refractivity contribution in [2.45, 2.75) is 20.8 Å². The van der Waals surface area contributed by atoms with Gasteiger partial charge in [0.15, 0.2) is 0 Å². The van der Waals surface area contributed by atoms with Crippen LogP contribution in [-0.4, -0.2) is 28.8 Å². The van der Waals surface area contributed by atoms with Crippen molar-refractivity contribution in [3.8, 4) is 6.07 Å². The lowest BCUT2D eigenvalue weighted by Gasteiger charge is -2.22. The fraction of sp³-hybridized carbons (Fsp3) is 0.429. The number of nitriles is 1. The lowest BCUT2D eigenvalue weighted by molar-refractivity contribution is -0.385. The smallest absolute Gasteiger partial charge is 0.272 e. The normalized spacial score (nSPS) is 11.5. The molecule has 0 aliphatic rings. The zero-order valence-corrected chi connectivity index (χ0v) is 11.8. The molecule has 0 heterocycles. The van der Waals surface area contributed by atoms with E-state index in [4.69, 9.17) is 5.26 Å². The molecule has 6 nitrogen and oxygen atoms in total. The number of aryl methyl sites for hydroxylation is 1. The van der Waals surface area contributed by atoms with E-state index in [0.29, 0.717) is 24.2 Å². The molecule has 0 N–H and O–H groups in total. The van der Waals surface area contributed by atoms with E-state index in [-0.39, 0.29) is 17.5 Å². The maximum Gasteiger partial charge on any atom is 0.272 e. The first kappa shape index (κ1) is 15.6. The van der Waals surface area contributed by atoms with Crippen LogP contribution >= 0.6 is 0 Å². The molecule has 0 fully saturated rings. The Balaban J connectivity index is 2.99. The van der Waals surface area contributed by atoms with Crippen LogP contribution in [0, 0.1) is 34.3 Å². The third kappa shape index (κ3) is 3.54. The summed E-state index contributed by atoms with van der Waals surface area (Å²) in [5.74, 6) is -0.467. The lowest BCUT2D eigenvalue weighted by atomic mass is 10.1. The second-order valence-corrected chi connectivity index (χ2v) is 4.63. The summed E-state index contributed by atoms with van der Waals surface area (Å²) >= 11 is 0. The van der Waals surface area contributed by atoms with E-state index < -0.39 is 4.92 Å². The van der Waals surface area contributed by atoms with Gasteiger partial charge in [0, 0.05) is 30.3 Å². The van der Waals surface area contributed by atoms with Crippen molar-refractivity contribution < 1.29 is 9.72 Å². The summed E-state index contributed by atoms with van der Waals surface area (Å²) < 4.78 is 0. The van der Waals surface area contributed by atoms with Crippen LogP contribution in [0.25, 0.3) is 0 Å². The summed E-state index contributed by atoms with van der Waals surface area (Å²) in [4.78, 5) is 24.1. The van der Waals surface area contributed by atoms with Gasteiger partial charge in [-0.2, -0.15) is 5.26 Å². The second-order valence-electron chi connectivity index (χ2n) is 4.63. The molecule has 1 rings (SSSR count). The van der Waals surface area contributed by atoms with Crippen molar-refractivity contribution in [3.63, 3.8) is 0 Å². The number of rotatable bonds is 5. The van der Waals surface area contributed by atoms with Gasteiger partial charge in [0.05, 0.1) is 16.9 Å². The van der Waals surface area contributed by atoms with Crippen LogP contribution in [0.4, 0.5) is 5.69 Å². The van der Waals surface area contributed by atoms with Crippen molar-refractivity contribution in [2.75, 3.05) is 13.1 Å². The molecule has 0 aliphatic carbocycles. The zero-order valence-electron chi connectivity index (χ0n) is 11.8. The molecule has 1 aromatic rings. The van der Waals surface area contributed by atoms with Gasteiger partial charge in [-0.05, 0) is 32.9 Å². The Bertz CT molecular complexity index is 563. The molecule has 20 heavy (non-hydrogen) atoms. The summed E-state index contributed by atoms with van der Waals surface area (Å²) in [5, 5.41) is 19.6. The van der Waals surface area contributed by atoms with Crippen molar-refractivity contribution >= 4 is 11.6 Å². The van der Waals surface area contributed by atoms with Gasteiger partial charge < -0.3 is 4.90 Å². The molecule has 0 radical (unpaired) electrons. The summed E-state index contributed by atoms with van der Waals surface area (Å²) in [6.07, 6.45) is 0. The van der Waals surface area contributed by atoms with E-state index in [9.17, 15) is 14.9 Å². The quantitative estimate of drug-likeness (QED) is 0.610. The molecule has 6 heteroatoms. The number of carbonyl (C=O) groups excluding carboxylic acids is 1. The highest BCUT2D eigenvalue weighted by Crippen LogP contribution is 2.20. The van der Waals surface area contributed by atoms with Crippen LogP contribution < -0.4 is 0 Å². The van der Waals surface area contributed by atoms with Gasteiger partial charge in [-0.3, -0.25) is 14.9 Å². The third-order valence-electron chi connectivity index (χ3n) is 3.02. The minimum atomic E-state index is -0.473. The molecule has 0 spiro atoms. The Hall–Kier alpha value is -2.42. The molecular weight excluding hydrogens is 258 g/mol. The number of benzene rings is 1. The Morgan fingerprint density at radius 2 is 2.20 bits per heavy atom. The van der Waals surface area contributed by atoms with E-state index >= 15 is 0 Å². The number of hydrogen-bond acceptors (Lipinski definition) is 4. The number of carbonyl (C=O) groups is 1. The number of nitro benzene ring substituents is 1. The number of amides is 1. The van der Waals surface area contributed by atoms with E-state index in [0.717, 1.165) is 0 Å². The molecule has 0 saturated carbocycles. The van der Waals surface area contributed by atoms with Gasteiger partial charge >= 0.3 is 0 Å². The average molecular weight is 275 g/mol. The first-order chi connectivity index (χ1) is 9.40. The maximum atomic E-state index is 12.3.